The Labute approximate surface area is 127 Å². The molecule has 1 aromatic carbocycles. The van der Waals surface area contributed by atoms with Crippen LogP contribution in [0.5, 0.6) is 5.75 Å². The zero-order valence-corrected chi connectivity index (χ0v) is 13.7. The van der Waals surface area contributed by atoms with Crippen molar-refractivity contribution in [1.29, 1.82) is 0 Å². The quantitative estimate of drug-likeness (QED) is 0.902. The van der Waals surface area contributed by atoms with Gasteiger partial charge in [-0.1, -0.05) is 19.9 Å². The normalized spacial score (nSPS) is 24.6. The number of carbonyl (C=O) groups is 1. The molecule has 2 atom stereocenters. The van der Waals surface area contributed by atoms with E-state index in [2.05, 4.69) is 26.8 Å². The molecule has 1 fully saturated rings. The van der Waals surface area contributed by atoms with E-state index in [9.17, 15) is 9.90 Å². The number of benzene rings is 1. The van der Waals surface area contributed by atoms with Crippen LogP contribution in [0.4, 0.5) is 0 Å². The molecule has 1 aromatic rings. The number of hydrogen-bond donors (Lipinski definition) is 1. The molecule has 1 aliphatic rings. The smallest absolute Gasteiger partial charge is 0.307 e. The van der Waals surface area contributed by atoms with Gasteiger partial charge in [0.1, 0.15) is 5.75 Å². The van der Waals surface area contributed by atoms with E-state index in [1.54, 1.807) is 7.11 Å². The molecule has 0 bridgehead atoms. The minimum absolute atomic E-state index is 0.0294. The van der Waals surface area contributed by atoms with Gasteiger partial charge in [0.05, 0.1) is 13.0 Å². The summed E-state index contributed by atoms with van der Waals surface area (Å²) in [5.74, 6) is -0.130. The molecule has 0 saturated heterocycles. The van der Waals surface area contributed by atoms with Gasteiger partial charge in [0.2, 0.25) is 0 Å². The number of hydrogen-bond acceptors (Lipinski definition) is 2. The maximum Gasteiger partial charge on any atom is 0.307 e. The Morgan fingerprint density at radius 3 is 2.57 bits per heavy atom. The van der Waals surface area contributed by atoms with Gasteiger partial charge in [-0.3, -0.25) is 4.79 Å². The molecule has 1 saturated carbocycles. The van der Waals surface area contributed by atoms with Crippen molar-refractivity contribution in [3.63, 3.8) is 0 Å². The maximum atomic E-state index is 11.7. The third-order valence-corrected chi connectivity index (χ3v) is 4.79. The zero-order valence-electron chi connectivity index (χ0n) is 13.7. The SMILES string of the molecule is COc1cc(C)cc(C)c1C1CC(C)(C)CCC1C(=O)O. The third kappa shape index (κ3) is 3.22. The van der Waals surface area contributed by atoms with E-state index in [0.717, 1.165) is 41.7 Å². The summed E-state index contributed by atoms with van der Waals surface area (Å²) in [7, 11) is 1.67. The minimum Gasteiger partial charge on any atom is -0.496 e. The van der Waals surface area contributed by atoms with E-state index < -0.39 is 5.97 Å². The van der Waals surface area contributed by atoms with Crippen LogP contribution in [0.25, 0.3) is 0 Å². The summed E-state index contributed by atoms with van der Waals surface area (Å²) in [4.78, 5) is 11.7. The monoisotopic (exact) mass is 290 g/mol. The van der Waals surface area contributed by atoms with Crippen LogP contribution < -0.4 is 4.74 Å². The second-order valence-electron chi connectivity index (χ2n) is 7.16. The van der Waals surface area contributed by atoms with Gasteiger partial charge in [0, 0.05) is 11.5 Å². The van der Waals surface area contributed by atoms with Crippen LogP contribution in [0.2, 0.25) is 0 Å². The van der Waals surface area contributed by atoms with Crippen molar-refractivity contribution < 1.29 is 14.6 Å². The highest BCUT2D eigenvalue weighted by molar-refractivity contribution is 5.72. The van der Waals surface area contributed by atoms with Crippen molar-refractivity contribution in [1.82, 2.24) is 0 Å². The van der Waals surface area contributed by atoms with Gasteiger partial charge in [0.25, 0.3) is 0 Å². The van der Waals surface area contributed by atoms with Crippen LogP contribution in [-0.4, -0.2) is 18.2 Å². The largest absolute Gasteiger partial charge is 0.496 e. The van der Waals surface area contributed by atoms with Gasteiger partial charge >= 0.3 is 5.97 Å². The summed E-state index contributed by atoms with van der Waals surface area (Å²) in [6, 6.07) is 4.14. The Kier molecular flexibility index (Phi) is 4.31. The molecular formula is C18H26O3. The Balaban J connectivity index is 2.52. The molecule has 1 aliphatic carbocycles. The van der Waals surface area contributed by atoms with Crippen molar-refractivity contribution in [2.24, 2.45) is 11.3 Å². The van der Waals surface area contributed by atoms with E-state index in [0.29, 0.717) is 0 Å². The minimum atomic E-state index is -0.683. The average molecular weight is 290 g/mol. The number of aryl methyl sites for hydroxylation is 2. The molecule has 1 N–H and O–H groups in total. The molecule has 21 heavy (non-hydrogen) atoms. The maximum absolute atomic E-state index is 11.7. The summed E-state index contributed by atoms with van der Waals surface area (Å²) < 4.78 is 5.56. The predicted octanol–water partition coefficient (Wildman–Crippen LogP) is 4.31. The van der Waals surface area contributed by atoms with Gasteiger partial charge in [-0.05, 0) is 55.7 Å². The second-order valence-corrected chi connectivity index (χ2v) is 7.16. The molecule has 2 rings (SSSR count). The number of rotatable bonds is 3. The molecule has 0 aromatic heterocycles. The first-order valence-electron chi connectivity index (χ1n) is 7.63. The van der Waals surface area contributed by atoms with Crippen molar-refractivity contribution >= 4 is 5.97 Å². The first-order chi connectivity index (χ1) is 9.75. The lowest BCUT2D eigenvalue weighted by molar-refractivity contribution is -0.144. The first-order valence-corrected chi connectivity index (χ1v) is 7.63. The van der Waals surface area contributed by atoms with E-state index in [1.165, 1.54) is 0 Å². The Hall–Kier alpha value is -1.51. The summed E-state index contributed by atoms with van der Waals surface area (Å²) in [6.45, 7) is 8.56. The van der Waals surface area contributed by atoms with Crippen molar-refractivity contribution in [2.75, 3.05) is 7.11 Å². The first kappa shape index (κ1) is 15.9. The predicted molar refractivity (Wildman–Crippen MR) is 84.0 cm³/mol. The number of aliphatic carboxylic acids is 1. The van der Waals surface area contributed by atoms with E-state index in [4.69, 9.17) is 4.74 Å². The van der Waals surface area contributed by atoms with Crippen LogP contribution >= 0.6 is 0 Å². The molecule has 2 unspecified atom stereocenters. The number of methoxy groups -OCH3 is 1. The van der Waals surface area contributed by atoms with E-state index >= 15 is 0 Å². The van der Waals surface area contributed by atoms with Crippen LogP contribution in [0, 0.1) is 25.2 Å². The Morgan fingerprint density at radius 1 is 1.33 bits per heavy atom. The van der Waals surface area contributed by atoms with Crippen molar-refractivity contribution in [2.45, 2.75) is 52.9 Å². The van der Waals surface area contributed by atoms with E-state index in [1.807, 2.05) is 13.0 Å². The van der Waals surface area contributed by atoms with Crippen molar-refractivity contribution in [3.05, 3.63) is 28.8 Å². The Bertz CT molecular complexity index is 546. The van der Waals surface area contributed by atoms with Crippen LogP contribution in [0.1, 0.15) is 55.7 Å². The summed E-state index contributed by atoms with van der Waals surface area (Å²) in [6.07, 6.45) is 2.60. The molecule has 0 amide bonds. The van der Waals surface area contributed by atoms with Crippen molar-refractivity contribution in [3.8, 4) is 5.75 Å². The fourth-order valence-corrected chi connectivity index (χ4v) is 3.77. The highest BCUT2D eigenvalue weighted by atomic mass is 16.5. The highest BCUT2D eigenvalue weighted by Gasteiger charge is 2.41. The molecule has 3 heteroatoms. The molecule has 0 radical (unpaired) electrons. The van der Waals surface area contributed by atoms with Crippen LogP contribution in [-0.2, 0) is 4.79 Å². The van der Waals surface area contributed by atoms with Gasteiger partial charge < -0.3 is 9.84 Å². The van der Waals surface area contributed by atoms with Crippen LogP contribution in [0.3, 0.4) is 0 Å². The van der Waals surface area contributed by atoms with Gasteiger partial charge in [-0.25, -0.2) is 0 Å². The zero-order chi connectivity index (χ0) is 15.8. The number of ether oxygens (including phenoxy) is 1. The third-order valence-electron chi connectivity index (χ3n) is 4.79. The lowest BCUT2D eigenvalue weighted by atomic mass is 9.64. The Morgan fingerprint density at radius 2 is 2.00 bits per heavy atom. The van der Waals surface area contributed by atoms with Gasteiger partial charge in [-0.2, -0.15) is 0 Å². The molecule has 0 spiro atoms. The molecule has 0 aliphatic heterocycles. The summed E-state index contributed by atoms with van der Waals surface area (Å²) in [5, 5.41) is 9.61. The summed E-state index contributed by atoms with van der Waals surface area (Å²) in [5.41, 5.74) is 3.55. The summed E-state index contributed by atoms with van der Waals surface area (Å²) >= 11 is 0. The fourth-order valence-electron chi connectivity index (χ4n) is 3.77. The molecule has 0 heterocycles. The van der Waals surface area contributed by atoms with Gasteiger partial charge in [-0.15, -0.1) is 0 Å². The molecular weight excluding hydrogens is 264 g/mol. The molecule has 116 valence electrons. The van der Waals surface area contributed by atoms with E-state index in [-0.39, 0.29) is 17.3 Å². The number of carboxylic acids is 1. The highest BCUT2D eigenvalue weighted by Crippen LogP contribution is 2.49. The lowest BCUT2D eigenvalue weighted by Crippen LogP contribution is -2.33. The second kappa shape index (κ2) is 5.70. The fraction of sp³-hybridized carbons (Fsp3) is 0.611. The topological polar surface area (TPSA) is 46.5 Å². The van der Waals surface area contributed by atoms with Crippen LogP contribution in [0.15, 0.2) is 12.1 Å². The lowest BCUT2D eigenvalue weighted by Gasteiger charge is -2.40. The standard InChI is InChI=1S/C18H26O3/c1-11-8-12(2)16(15(9-11)21-5)14-10-18(3,4)7-6-13(14)17(19)20/h8-9,13-14H,6-7,10H2,1-5H3,(H,19,20). The number of carboxylic acid groups (broad SMARTS) is 1. The van der Waals surface area contributed by atoms with Gasteiger partial charge in [0.15, 0.2) is 0 Å². The average Bonchev–Trinajstić information content (AvgIpc) is 2.36. The molecule has 3 nitrogen and oxygen atoms in total.